The predicted molar refractivity (Wildman–Crippen MR) is 129 cm³/mol. The van der Waals surface area contributed by atoms with Gasteiger partial charge >= 0.3 is 0 Å². The van der Waals surface area contributed by atoms with Gasteiger partial charge < -0.3 is 9.64 Å². The molecule has 4 rings (SSSR count). The number of hydrogen-bond donors (Lipinski definition) is 0. The maximum atomic E-state index is 13.6. The van der Waals surface area contributed by atoms with Crippen molar-refractivity contribution in [2.75, 3.05) is 24.0 Å². The van der Waals surface area contributed by atoms with E-state index in [4.69, 9.17) is 4.74 Å². The average Bonchev–Trinajstić information content (AvgIpc) is 2.83. The van der Waals surface area contributed by atoms with Crippen molar-refractivity contribution in [3.05, 3.63) is 89.5 Å². The highest BCUT2D eigenvalue weighted by Crippen LogP contribution is 2.27. The van der Waals surface area contributed by atoms with Crippen LogP contribution in [0.4, 0.5) is 5.69 Å². The molecule has 0 fully saturated rings. The lowest BCUT2D eigenvalue weighted by Gasteiger charge is -2.32. The molecule has 6 nitrogen and oxygen atoms in total. The molecule has 0 unspecified atom stereocenters. The summed E-state index contributed by atoms with van der Waals surface area (Å²) in [4.78, 5) is 15.1. The van der Waals surface area contributed by atoms with Gasteiger partial charge in [0.15, 0.2) is 0 Å². The number of anilines is 1. The highest BCUT2D eigenvalue weighted by atomic mass is 32.2. The second kappa shape index (κ2) is 9.67. The highest BCUT2D eigenvalue weighted by Gasteiger charge is 2.30. The van der Waals surface area contributed by atoms with Crippen LogP contribution in [0.5, 0.6) is 5.75 Å². The van der Waals surface area contributed by atoms with Crippen molar-refractivity contribution in [1.29, 1.82) is 0 Å². The Morgan fingerprint density at radius 3 is 2.30 bits per heavy atom. The van der Waals surface area contributed by atoms with Gasteiger partial charge in [-0.25, -0.2) is 8.42 Å². The predicted octanol–water partition coefficient (Wildman–Crippen LogP) is 4.17. The van der Waals surface area contributed by atoms with E-state index in [1.54, 1.807) is 29.2 Å². The van der Waals surface area contributed by atoms with E-state index in [0.29, 0.717) is 31.1 Å². The quantitative estimate of drug-likeness (QED) is 0.526. The molecule has 1 aliphatic rings. The maximum absolute atomic E-state index is 13.6. The van der Waals surface area contributed by atoms with Crippen LogP contribution in [0.15, 0.2) is 77.7 Å². The van der Waals surface area contributed by atoms with E-state index in [2.05, 4.69) is 6.07 Å². The monoisotopic (exact) mass is 464 g/mol. The van der Waals surface area contributed by atoms with Crippen LogP contribution < -0.4 is 9.04 Å². The Labute approximate surface area is 195 Å². The smallest absolute Gasteiger partial charge is 0.264 e. The maximum Gasteiger partial charge on any atom is 0.264 e. The number of amides is 1. The highest BCUT2D eigenvalue weighted by molar-refractivity contribution is 7.92. The van der Waals surface area contributed by atoms with E-state index in [1.807, 2.05) is 44.2 Å². The Morgan fingerprint density at radius 2 is 1.64 bits per heavy atom. The fraction of sp³-hybridized carbons (Fsp3) is 0.269. The van der Waals surface area contributed by atoms with Crippen LogP contribution in [0, 0.1) is 6.92 Å². The second-order valence-corrected chi connectivity index (χ2v) is 9.95. The number of carbonyl (C=O) groups excluding carboxylic acids is 1. The van der Waals surface area contributed by atoms with Crippen molar-refractivity contribution < 1.29 is 17.9 Å². The van der Waals surface area contributed by atoms with Crippen LogP contribution >= 0.6 is 0 Å². The molecule has 172 valence electrons. The summed E-state index contributed by atoms with van der Waals surface area (Å²) in [6, 6.07) is 21.5. The number of nitrogens with zero attached hydrogens (tertiary/aromatic N) is 2. The molecule has 0 bridgehead atoms. The molecule has 1 amide bonds. The Bertz CT molecular complexity index is 1220. The third-order valence-corrected chi connectivity index (χ3v) is 7.59. The van der Waals surface area contributed by atoms with Crippen molar-refractivity contribution in [3.63, 3.8) is 0 Å². The number of carbonyl (C=O) groups is 1. The lowest BCUT2D eigenvalue weighted by atomic mass is 10.00. The third kappa shape index (κ3) is 5.03. The van der Waals surface area contributed by atoms with Crippen molar-refractivity contribution in [3.8, 4) is 5.75 Å². The van der Waals surface area contributed by atoms with Crippen LogP contribution in [0.1, 0.15) is 23.6 Å². The lowest BCUT2D eigenvalue weighted by Crippen LogP contribution is -2.44. The molecule has 0 radical (unpaired) electrons. The summed E-state index contributed by atoms with van der Waals surface area (Å²) < 4.78 is 33.9. The first-order valence-electron chi connectivity index (χ1n) is 11.1. The van der Waals surface area contributed by atoms with Crippen molar-refractivity contribution >= 4 is 21.6 Å². The van der Waals surface area contributed by atoms with Crippen LogP contribution in [0.3, 0.4) is 0 Å². The first-order valence-corrected chi connectivity index (χ1v) is 12.5. The van der Waals surface area contributed by atoms with Gasteiger partial charge in [-0.1, -0.05) is 42.0 Å². The largest absolute Gasteiger partial charge is 0.494 e. The Hall–Kier alpha value is -3.32. The molecule has 0 saturated heterocycles. The Morgan fingerprint density at radius 1 is 0.970 bits per heavy atom. The van der Waals surface area contributed by atoms with Gasteiger partial charge in [0.2, 0.25) is 5.91 Å². The third-order valence-electron chi connectivity index (χ3n) is 5.81. The molecule has 7 heteroatoms. The summed E-state index contributed by atoms with van der Waals surface area (Å²) in [7, 11) is -3.96. The number of hydrogen-bond acceptors (Lipinski definition) is 4. The molecular weight excluding hydrogens is 436 g/mol. The van der Waals surface area contributed by atoms with E-state index >= 15 is 0 Å². The molecule has 0 saturated carbocycles. The molecule has 0 N–H and O–H groups in total. The molecule has 0 aromatic heterocycles. The van der Waals surface area contributed by atoms with Crippen LogP contribution in [-0.4, -0.2) is 38.9 Å². The van der Waals surface area contributed by atoms with Gasteiger partial charge in [-0.3, -0.25) is 9.10 Å². The SMILES string of the molecule is CCOc1ccc(S(=O)(=O)N(CC(=O)N2CCc3ccccc3C2)c2ccc(C)cc2)cc1. The fourth-order valence-corrected chi connectivity index (χ4v) is 5.37. The topological polar surface area (TPSA) is 66.9 Å². The van der Waals surface area contributed by atoms with E-state index in [9.17, 15) is 13.2 Å². The van der Waals surface area contributed by atoms with Gasteiger partial charge in [0.25, 0.3) is 10.0 Å². The van der Waals surface area contributed by atoms with E-state index < -0.39 is 10.0 Å². The molecule has 1 aliphatic heterocycles. The molecule has 3 aromatic rings. The van der Waals surface area contributed by atoms with Gasteiger partial charge in [0.05, 0.1) is 17.2 Å². The zero-order valence-electron chi connectivity index (χ0n) is 18.9. The van der Waals surface area contributed by atoms with Crippen LogP contribution in [0.2, 0.25) is 0 Å². The average molecular weight is 465 g/mol. The molecule has 0 spiro atoms. The van der Waals surface area contributed by atoms with Gasteiger partial charge in [0.1, 0.15) is 12.3 Å². The minimum atomic E-state index is -3.96. The van der Waals surface area contributed by atoms with E-state index in [1.165, 1.54) is 22.0 Å². The normalized spacial score (nSPS) is 13.3. The molecule has 0 aliphatic carbocycles. The summed E-state index contributed by atoms with van der Waals surface area (Å²) in [5.74, 6) is 0.376. The number of ether oxygens (including phenoxy) is 1. The molecule has 3 aromatic carbocycles. The summed E-state index contributed by atoms with van der Waals surface area (Å²) in [5, 5.41) is 0. The standard InChI is InChI=1S/C26H28N2O4S/c1-3-32-24-12-14-25(15-13-24)33(30,31)28(23-10-8-20(2)9-11-23)19-26(29)27-17-16-21-6-4-5-7-22(21)18-27/h4-15H,3,16-19H2,1-2H3. The van der Waals surface area contributed by atoms with Gasteiger partial charge in [-0.2, -0.15) is 0 Å². The lowest BCUT2D eigenvalue weighted by molar-refractivity contribution is -0.130. The molecule has 0 atom stereocenters. The number of sulfonamides is 1. The molecule has 33 heavy (non-hydrogen) atoms. The molecule has 1 heterocycles. The van der Waals surface area contributed by atoms with Gasteiger partial charge in [0, 0.05) is 13.1 Å². The fourth-order valence-electron chi connectivity index (χ4n) is 3.96. The number of rotatable bonds is 7. The summed E-state index contributed by atoms with van der Waals surface area (Å²) in [5.41, 5.74) is 3.81. The van der Waals surface area contributed by atoms with Gasteiger partial charge in [-0.05, 0) is 67.8 Å². The van der Waals surface area contributed by atoms with Gasteiger partial charge in [-0.15, -0.1) is 0 Å². The number of fused-ring (bicyclic) bond motifs is 1. The zero-order valence-corrected chi connectivity index (χ0v) is 19.7. The van der Waals surface area contributed by atoms with E-state index in [0.717, 1.165) is 17.5 Å². The Balaban J connectivity index is 1.62. The summed E-state index contributed by atoms with van der Waals surface area (Å²) >= 11 is 0. The van der Waals surface area contributed by atoms with E-state index in [-0.39, 0.29) is 17.3 Å². The van der Waals surface area contributed by atoms with Crippen LogP contribution in [-0.2, 0) is 27.8 Å². The zero-order chi connectivity index (χ0) is 23.4. The Kier molecular flexibility index (Phi) is 6.70. The first-order chi connectivity index (χ1) is 15.9. The first kappa shape index (κ1) is 22.9. The van der Waals surface area contributed by atoms with Crippen LogP contribution in [0.25, 0.3) is 0 Å². The minimum absolute atomic E-state index is 0.114. The number of benzene rings is 3. The van der Waals surface area contributed by atoms with Crippen molar-refractivity contribution in [1.82, 2.24) is 4.90 Å². The number of aryl methyl sites for hydroxylation is 1. The summed E-state index contributed by atoms with van der Waals surface area (Å²) in [6.07, 6.45) is 0.762. The molecular formula is C26H28N2O4S. The van der Waals surface area contributed by atoms with Crippen molar-refractivity contribution in [2.24, 2.45) is 0 Å². The summed E-state index contributed by atoms with van der Waals surface area (Å²) in [6.45, 7) is 5.09. The minimum Gasteiger partial charge on any atom is -0.494 e. The van der Waals surface area contributed by atoms with Crippen molar-refractivity contribution in [2.45, 2.75) is 31.7 Å². The second-order valence-electron chi connectivity index (χ2n) is 8.09.